The molecule has 9 heteroatoms. The maximum atomic E-state index is 11.8. The smallest absolute Gasteiger partial charge is 0.320 e. The Labute approximate surface area is 131 Å². The molecule has 0 aliphatic heterocycles. The van der Waals surface area contributed by atoms with Crippen molar-refractivity contribution in [3.05, 3.63) is 38.8 Å². The third-order valence-electron chi connectivity index (χ3n) is 2.70. The first-order chi connectivity index (χ1) is 10.4. The summed E-state index contributed by atoms with van der Waals surface area (Å²) in [5, 5.41) is 7.99. The Balaban J connectivity index is 1.86. The molecule has 22 heavy (non-hydrogen) atoms. The molecule has 2 N–H and O–H groups in total. The number of carbonyl (C=O) groups is 1. The fourth-order valence-electron chi connectivity index (χ4n) is 1.67. The molecule has 0 aliphatic carbocycles. The van der Waals surface area contributed by atoms with Gasteiger partial charge >= 0.3 is 6.03 Å². The third-order valence-corrected chi connectivity index (χ3v) is 3.59. The van der Waals surface area contributed by atoms with E-state index in [4.69, 9.17) is 0 Å². The van der Waals surface area contributed by atoms with Crippen molar-refractivity contribution in [3.8, 4) is 0 Å². The second-order valence-electron chi connectivity index (χ2n) is 5.00. The van der Waals surface area contributed by atoms with E-state index in [1.54, 1.807) is 7.05 Å². The third kappa shape index (κ3) is 4.64. The van der Waals surface area contributed by atoms with Crippen molar-refractivity contribution in [2.45, 2.75) is 13.1 Å². The molecular formula is C13H18N6O2S. The first-order valence-corrected chi connectivity index (χ1v) is 7.47. The molecule has 0 bridgehead atoms. The number of amides is 2. The Morgan fingerprint density at radius 3 is 2.91 bits per heavy atom. The van der Waals surface area contributed by atoms with Crippen molar-refractivity contribution in [3.63, 3.8) is 0 Å². The van der Waals surface area contributed by atoms with Gasteiger partial charge in [-0.3, -0.25) is 10.1 Å². The molecule has 0 saturated heterocycles. The number of aryl methyl sites for hydroxylation is 1. The number of nitrogens with one attached hydrogen (secondary N) is 2. The Kier molecular flexibility index (Phi) is 5.23. The zero-order valence-corrected chi connectivity index (χ0v) is 13.5. The standard InChI is InChI=1S/C13H18N6O2S/c1-18(2)6-9-7-22-11(16-9)5-14-13(21)17-10-4-12(20)19(3)8-15-10/h4,7-8H,5-6H2,1-3H3,(H2,14,17,21). The number of hydrogen-bond acceptors (Lipinski definition) is 6. The number of anilines is 1. The monoisotopic (exact) mass is 322 g/mol. The van der Waals surface area contributed by atoms with E-state index in [1.807, 2.05) is 24.4 Å². The van der Waals surface area contributed by atoms with Gasteiger partial charge in [0.25, 0.3) is 5.56 Å². The van der Waals surface area contributed by atoms with Crippen LogP contribution < -0.4 is 16.2 Å². The molecule has 2 aromatic heterocycles. The second kappa shape index (κ2) is 7.14. The van der Waals surface area contributed by atoms with Crippen LogP contribution in [-0.4, -0.2) is 39.6 Å². The number of rotatable bonds is 5. The van der Waals surface area contributed by atoms with Gasteiger partial charge in [0.1, 0.15) is 10.8 Å². The maximum absolute atomic E-state index is 11.8. The number of nitrogens with zero attached hydrogens (tertiary/aromatic N) is 4. The van der Waals surface area contributed by atoms with Crippen LogP contribution in [0.15, 0.2) is 22.6 Å². The molecule has 2 amide bonds. The first kappa shape index (κ1) is 16.1. The first-order valence-electron chi connectivity index (χ1n) is 6.59. The fraction of sp³-hybridized carbons (Fsp3) is 0.385. The van der Waals surface area contributed by atoms with Crippen LogP contribution in [-0.2, 0) is 20.1 Å². The van der Waals surface area contributed by atoms with E-state index in [0.717, 1.165) is 17.2 Å². The second-order valence-corrected chi connectivity index (χ2v) is 5.94. The van der Waals surface area contributed by atoms with Gasteiger partial charge in [-0.2, -0.15) is 0 Å². The van der Waals surface area contributed by atoms with Crippen LogP contribution in [0.2, 0.25) is 0 Å². The summed E-state index contributed by atoms with van der Waals surface area (Å²) < 4.78 is 1.32. The van der Waals surface area contributed by atoms with Gasteiger partial charge in [0.05, 0.1) is 18.6 Å². The van der Waals surface area contributed by atoms with Crippen LogP contribution in [0.3, 0.4) is 0 Å². The van der Waals surface area contributed by atoms with Crippen molar-refractivity contribution in [1.29, 1.82) is 0 Å². The molecular weight excluding hydrogens is 304 g/mol. The minimum absolute atomic E-state index is 0.216. The van der Waals surface area contributed by atoms with Crippen LogP contribution >= 0.6 is 11.3 Å². The van der Waals surface area contributed by atoms with Crippen molar-refractivity contribution in [2.75, 3.05) is 19.4 Å². The average molecular weight is 322 g/mol. The summed E-state index contributed by atoms with van der Waals surface area (Å²) in [7, 11) is 5.54. The number of hydrogen-bond donors (Lipinski definition) is 2. The summed E-state index contributed by atoms with van der Waals surface area (Å²) >= 11 is 1.49. The Morgan fingerprint density at radius 2 is 2.23 bits per heavy atom. The van der Waals surface area contributed by atoms with Gasteiger partial charge in [-0.15, -0.1) is 11.3 Å². The predicted octanol–water partition coefficient (Wildman–Crippen LogP) is 0.620. The molecule has 118 valence electrons. The molecule has 0 aromatic carbocycles. The molecule has 0 radical (unpaired) electrons. The largest absolute Gasteiger partial charge is 0.331 e. The summed E-state index contributed by atoms with van der Waals surface area (Å²) in [6, 6.07) is 0.836. The molecule has 0 fully saturated rings. The SMILES string of the molecule is CN(C)Cc1csc(CNC(=O)Nc2cc(=O)n(C)cn2)n1. The summed E-state index contributed by atoms with van der Waals surface area (Å²) in [5.74, 6) is 0.216. The van der Waals surface area contributed by atoms with Gasteiger partial charge in [-0.25, -0.2) is 14.8 Å². The zero-order chi connectivity index (χ0) is 16.1. The highest BCUT2D eigenvalue weighted by molar-refractivity contribution is 7.09. The highest BCUT2D eigenvalue weighted by Crippen LogP contribution is 2.10. The highest BCUT2D eigenvalue weighted by atomic mass is 32.1. The Hall–Kier alpha value is -2.26. The lowest BCUT2D eigenvalue weighted by Crippen LogP contribution is -2.29. The lowest BCUT2D eigenvalue weighted by molar-refractivity contribution is 0.251. The molecule has 0 aliphatic rings. The average Bonchev–Trinajstić information content (AvgIpc) is 2.87. The van der Waals surface area contributed by atoms with E-state index >= 15 is 0 Å². The van der Waals surface area contributed by atoms with Crippen molar-refractivity contribution < 1.29 is 4.79 Å². The lowest BCUT2D eigenvalue weighted by Gasteiger charge is -2.06. The number of aromatic nitrogens is 3. The van der Waals surface area contributed by atoms with Crippen LogP contribution in [0.1, 0.15) is 10.7 Å². The van der Waals surface area contributed by atoms with Gasteiger partial charge in [0.15, 0.2) is 0 Å². The molecule has 0 atom stereocenters. The van der Waals surface area contributed by atoms with Gasteiger partial charge in [0.2, 0.25) is 0 Å². The van der Waals surface area contributed by atoms with Crippen LogP contribution in [0, 0.1) is 0 Å². The normalized spacial score (nSPS) is 10.7. The van der Waals surface area contributed by atoms with E-state index in [0.29, 0.717) is 6.54 Å². The van der Waals surface area contributed by atoms with E-state index in [9.17, 15) is 9.59 Å². The molecule has 0 unspecified atom stereocenters. The van der Waals surface area contributed by atoms with E-state index in [-0.39, 0.29) is 11.4 Å². The van der Waals surface area contributed by atoms with Crippen molar-refractivity contribution in [1.82, 2.24) is 24.8 Å². The van der Waals surface area contributed by atoms with Crippen molar-refractivity contribution >= 4 is 23.2 Å². The van der Waals surface area contributed by atoms with Gasteiger partial charge in [-0.05, 0) is 14.1 Å². The summed E-state index contributed by atoms with van der Waals surface area (Å²) in [4.78, 5) is 33.6. The number of urea groups is 1. The maximum Gasteiger partial charge on any atom is 0.320 e. The highest BCUT2D eigenvalue weighted by Gasteiger charge is 2.07. The predicted molar refractivity (Wildman–Crippen MR) is 84.8 cm³/mol. The van der Waals surface area contributed by atoms with Crippen LogP contribution in [0.25, 0.3) is 0 Å². The van der Waals surface area contributed by atoms with E-state index < -0.39 is 6.03 Å². The quantitative estimate of drug-likeness (QED) is 0.842. The molecule has 2 aromatic rings. The molecule has 2 rings (SSSR count). The fourth-order valence-corrected chi connectivity index (χ4v) is 2.40. The molecule has 0 spiro atoms. The van der Waals surface area contributed by atoms with Gasteiger partial charge in [0, 0.05) is 25.0 Å². The van der Waals surface area contributed by atoms with E-state index in [2.05, 4.69) is 20.6 Å². The molecule has 0 saturated carbocycles. The summed E-state index contributed by atoms with van der Waals surface area (Å²) in [6.45, 7) is 1.09. The van der Waals surface area contributed by atoms with Gasteiger partial charge < -0.3 is 14.8 Å². The number of thiazole rings is 1. The minimum atomic E-state index is -0.426. The summed E-state index contributed by atoms with van der Waals surface area (Å²) in [5.41, 5.74) is 0.735. The Bertz CT molecular complexity index is 709. The summed E-state index contributed by atoms with van der Waals surface area (Å²) in [6.07, 6.45) is 1.35. The van der Waals surface area contributed by atoms with E-state index in [1.165, 1.54) is 28.3 Å². The Morgan fingerprint density at radius 1 is 1.45 bits per heavy atom. The van der Waals surface area contributed by atoms with Crippen molar-refractivity contribution in [2.24, 2.45) is 7.05 Å². The number of carbonyl (C=O) groups excluding carboxylic acids is 1. The molecule has 8 nitrogen and oxygen atoms in total. The zero-order valence-electron chi connectivity index (χ0n) is 12.7. The molecule has 2 heterocycles. The van der Waals surface area contributed by atoms with Crippen LogP contribution in [0.5, 0.6) is 0 Å². The lowest BCUT2D eigenvalue weighted by atomic mass is 10.4. The minimum Gasteiger partial charge on any atom is -0.331 e. The van der Waals surface area contributed by atoms with Crippen LogP contribution in [0.4, 0.5) is 10.6 Å². The van der Waals surface area contributed by atoms with Gasteiger partial charge in [-0.1, -0.05) is 0 Å². The topological polar surface area (TPSA) is 92.2 Å².